The molecule has 1 fully saturated rings. The molecule has 15 heavy (non-hydrogen) atoms. The van der Waals surface area contributed by atoms with Gasteiger partial charge in [-0.05, 0) is 37.0 Å². The van der Waals surface area contributed by atoms with Crippen molar-refractivity contribution in [3.8, 4) is 0 Å². The average Bonchev–Trinajstić information content (AvgIpc) is 2.16. The molecule has 1 aromatic rings. The molecule has 3 heteroatoms. The highest BCUT2D eigenvalue weighted by atomic mass is 19.1. The second-order valence-corrected chi connectivity index (χ2v) is 3.97. The van der Waals surface area contributed by atoms with E-state index in [0.717, 1.165) is 18.4 Å². The maximum absolute atomic E-state index is 13.0. The van der Waals surface area contributed by atoms with Gasteiger partial charge in [0.2, 0.25) is 0 Å². The summed E-state index contributed by atoms with van der Waals surface area (Å²) in [5.41, 5.74) is 6.47. The minimum absolute atomic E-state index is 0.161. The zero-order chi connectivity index (χ0) is 10.7. The lowest BCUT2D eigenvalue weighted by molar-refractivity contribution is -0.0488. The molecule has 1 aliphatic carbocycles. The molecule has 1 atom stereocenters. The molecule has 0 radical (unpaired) electrons. The average molecular weight is 209 g/mol. The summed E-state index contributed by atoms with van der Waals surface area (Å²) in [5, 5.41) is 0. The van der Waals surface area contributed by atoms with Gasteiger partial charge in [0.15, 0.2) is 0 Å². The Kier molecular flexibility index (Phi) is 3.34. The third-order valence-electron chi connectivity index (χ3n) is 2.84. The first-order valence-electron chi connectivity index (χ1n) is 5.40. The molecule has 0 amide bonds. The molecule has 82 valence electrons. The Hall–Kier alpha value is -0.930. The minimum Gasteiger partial charge on any atom is -0.369 e. The summed E-state index contributed by atoms with van der Waals surface area (Å²) < 4.78 is 18.8. The van der Waals surface area contributed by atoms with Gasteiger partial charge in [0.05, 0.1) is 12.2 Å². The number of hydrogen-bond donors (Lipinski definition) is 1. The highest BCUT2D eigenvalue weighted by molar-refractivity contribution is 5.19. The van der Waals surface area contributed by atoms with Crippen LogP contribution in [0.2, 0.25) is 0 Å². The van der Waals surface area contributed by atoms with Crippen molar-refractivity contribution in [2.45, 2.75) is 31.5 Å². The van der Waals surface area contributed by atoms with Crippen LogP contribution in [-0.4, -0.2) is 12.6 Å². The zero-order valence-electron chi connectivity index (χ0n) is 8.66. The summed E-state index contributed by atoms with van der Waals surface area (Å²) in [4.78, 5) is 0. The highest BCUT2D eigenvalue weighted by Gasteiger charge is 2.22. The van der Waals surface area contributed by atoms with Gasteiger partial charge in [0, 0.05) is 6.54 Å². The van der Waals surface area contributed by atoms with E-state index in [1.807, 2.05) is 6.07 Å². The van der Waals surface area contributed by atoms with Gasteiger partial charge in [-0.25, -0.2) is 4.39 Å². The third-order valence-corrected chi connectivity index (χ3v) is 2.84. The number of halogens is 1. The van der Waals surface area contributed by atoms with Crippen LogP contribution in [0.15, 0.2) is 24.3 Å². The van der Waals surface area contributed by atoms with Gasteiger partial charge < -0.3 is 10.5 Å². The Bertz CT molecular complexity index is 325. The number of ether oxygens (including phenoxy) is 1. The van der Waals surface area contributed by atoms with Crippen molar-refractivity contribution in [2.24, 2.45) is 5.73 Å². The number of rotatable bonds is 4. The van der Waals surface area contributed by atoms with Crippen LogP contribution in [0.1, 0.15) is 30.9 Å². The van der Waals surface area contributed by atoms with Gasteiger partial charge >= 0.3 is 0 Å². The van der Waals surface area contributed by atoms with Gasteiger partial charge in [0.1, 0.15) is 5.82 Å². The Labute approximate surface area is 89.2 Å². The van der Waals surface area contributed by atoms with Crippen LogP contribution in [-0.2, 0) is 4.74 Å². The van der Waals surface area contributed by atoms with Crippen LogP contribution in [0.25, 0.3) is 0 Å². The fourth-order valence-electron chi connectivity index (χ4n) is 1.72. The van der Waals surface area contributed by atoms with Crippen molar-refractivity contribution in [1.29, 1.82) is 0 Å². The summed E-state index contributed by atoms with van der Waals surface area (Å²) in [7, 11) is 0. The van der Waals surface area contributed by atoms with Crippen LogP contribution in [0.5, 0.6) is 0 Å². The Morgan fingerprint density at radius 2 is 2.27 bits per heavy atom. The highest BCUT2D eigenvalue weighted by Crippen LogP contribution is 2.28. The Balaban J connectivity index is 2.04. The lowest BCUT2D eigenvalue weighted by atomic mass is 9.95. The lowest BCUT2D eigenvalue weighted by Crippen LogP contribution is -2.27. The number of nitrogens with two attached hydrogens (primary N) is 1. The topological polar surface area (TPSA) is 35.2 Å². The molecule has 2 N–H and O–H groups in total. The van der Waals surface area contributed by atoms with Gasteiger partial charge in [-0.2, -0.15) is 0 Å². The molecule has 0 saturated heterocycles. The van der Waals surface area contributed by atoms with Gasteiger partial charge in [-0.1, -0.05) is 12.1 Å². The first kappa shape index (κ1) is 10.6. The lowest BCUT2D eigenvalue weighted by Gasteiger charge is -2.30. The molecular weight excluding hydrogens is 193 g/mol. The van der Waals surface area contributed by atoms with Crippen LogP contribution in [0, 0.1) is 5.82 Å². The fourth-order valence-corrected chi connectivity index (χ4v) is 1.72. The monoisotopic (exact) mass is 209 g/mol. The smallest absolute Gasteiger partial charge is 0.123 e. The molecule has 1 unspecified atom stereocenters. The second kappa shape index (κ2) is 4.73. The summed E-state index contributed by atoms with van der Waals surface area (Å²) in [5.74, 6) is -0.233. The van der Waals surface area contributed by atoms with E-state index in [2.05, 4.69) is 0 Å². The molecule has 0 bridgehead atoms. The molecule has 0 heterocycles. The SMILES string of the molecule is NCC(OC1CCC1)c1cccc(F)c1. The molecular formula is C12H16FNO. The first-order valence-corrected chi connectivity index (χ1v) is 5.40. The van der Waals surface area contributed by atoms with Crippen LogP contribution >= 0.6 is 0 Å². The molecule has 1 aromatic carbocycles. The van der Waals surface area contributed by atoms with E-state index < -0.39 is 0 Å². The van der Waals surface area contributed by atoms with Crippen molar-refractivity contribution >= 4 is 0 Å². The van der Waals surface area contributed by atoms with E-state index in [-0.39, 0.29) is 11.9 Å². The molecule has 0 aromatic heterocycles. The van der Waals surface area contributed by atoms with Gasteiger partial charge in [0.25, 0.3) is 0 Å². The summed E-state index contributed by atoms with van der Waals surface area (Å²) >= 11 is 0. The van der Waals surface area contributed by atoms with E-state index in [4.69, 9.17) is 10.5 Å². The predicted octanol–water partition coefficient (Wildman–Crippen LogP) is 2.39. The van der Waals surface area contributed by atoms with Crippen molar-refractivity contribution in [3.63, 3.8) is 0 Å². The normalized spacial score (nSPS) is 18.5. The zero-order valence-corrected chi connectivity index (χ0v) is 8.66. The van der Waals surface area contributed by atoms with E-state index in [1.54, 1.807) is 6.07 Å². The molecule has 0 spiro atoms. The third kappa shape index (κ3) is 2.55. The quantitative estimate of drug-likeness (QED) is 0.826. The maximum Gasteiger partial charge on any atom is 0.123 e. The number of benzene rings is 1. The Morgan fingerprint density at radius 1 is 1.47 bits per heavy atom. The van der Waals surface area contributed by atoms with Gasteiger partial charge in [-0.3, -0.25) is 0 Å². The molecule has 2 rings (SSSR count). The molecule has 1 saturated carbocycles. The standard InChI is InChI=1S/C12H16FNO/c13-10-4-1-3-9(7-10)12(8-14)15-11-5-2-6-11/h1,3-4,7,11-12H,2,5-6,8,14H2. The van der Waals surface area contributed by atoms with Crippen molar-refractivity contribution < 1.29 is 9.13 Å². The first-order chi connectivity index (χ1) is 7.29. The van der Waals surface area contributed by atoms with E-state index in [9.17, 15) is 4.39 Å². The predicted molar refractivity (Wildman–Crippen MR) is 56.9 cm³/mol. The summed E-state index contributed by atoms with van der Waals surface area (Å²) in [6, 6.07) is 6.48. The van der Waals surface area contributed by atoms with Gasteiger partial charge in [-0.15, -0.1) is 0 Å². The fraction of sp³-hybridized carbons (Fsp3) is 0.500. The van der Waals surface area contributed by atoms with E-state index >= 15 is 0 Å². The van der Waals surface area contributed by atoms with Crippen LogP contribution in [0.4, 0.5) is 4.39 Å². The maximum atomic E-state index is 13.0. The van der Waals surface area contributed by atoms with Crippen LogP contribution < -0.4 is 5.73 Å². The molecule has 1 aliphatic rings. The van der Waals surface area contributed by atoms with Crippen molar-refractivity contribution in [1.82, 2.24) is 0 Å². The molecule has 0 aliphatic heterocycles. The Morgan fingerprint density at radius 3 is 2.80 bits per heavy atom. The summed E-state index contributed by atoms with van der Waals surface area (Å²) in [6.07, 6.45) is 3.59. The summed E-state index contributed by atoms with van der Waals surface area (Å²) in [6.45, 7) is 0.403. The van der Waals surface area contributed by atoms with Crippen LogP contribution in [0.3, 0.4) is 0 Å². The van der Waals surface area contributed by atoms with Crippen molar-refractivity contribution in [3.05, 3.63) is 35.6 Å². The molecule has 2 nitrogen and oxygen atoms in total. The largest absolute Gasteiger partial charge is 0.369 e. The minimum atomic E-state index is -0.233. The second-order valence-electron chi connectivity index (χ2n) is 3.97. The van der Waals surface area contributed by atoms with Crippen molar-refractivity contribution in [2.75, 3.05) is 6.54 Å². The van der Waals surface area contributed by atoms with E-state index in [1.165, 1.54) is 18.6 Å². The number of hydrogen-bond acceptors (Lipinski definition) is 2. The van der Waals surface area contributed by atoms with E-state index in [0.29, 0.717) is 12.6 Å².